The van der Waals surface area contributed by atoms with Crippen LogP contribution in [0.2, 0.25) is 0 Å². The van der Waals surface area contributed by atoms with Crippen LogP contribution in [0.15, 0.2) is 53.3 Å². The summed E-state index contributed by atoms with van der Waals surface area (Å²) in [7, 11) is 1.65. The second kappa shape index (κ2) is 7.92. The van der Waals surface area contributed by atoms with Gasteiger partial charge in [-0.2, -0.15) is 0 Å². The zero-order chi connectivity index (χ0) is 18.6. The molecule has 1 saturated heterocycles. The molecule has 1 aromatic heterocycles. The number of hydrogen-bond donors (Lipinski definition) is 0. The minimum absolute atomic E-state index is 0.0310. The summed E-state index contributed by atoms with van der Waals surface area (Å²) in [4.78, 5) is 20.5. The van der Waals surface area contributed by atoms with E-state index >= 15 is 0 Å². The predicted molar refractivity (Wildman–Crippen MR) is 108 cm³/mol. The van der Waals surface area contributed by atoms with Gasteiger partial charge in [-0.15, -0.1) is 0 Å². The van der Waals surface area contributed by atoms with Crippen molar-refractivity contribution in [3.8, 4) is 17.1 Å². The normalized spacial score (nSPS) is 15.1. The van der Waals surface area contributed by atoms with Gasteiger partial charge < -0.3 is 9.64 Å². The Kier molecular flexibility index (Phi) is 5.21. The summed E-state index contributed by atoms with van der Waals surface area (Å²) in [5.41, 5.74) is 1.70. The highest BCUT2D eigenvalue weighted by Gasteiger charge is 2.15. The lowest BCUT2D eigenvalue weighted by molar-refractivity contribution is 0.220. The van der Waals surface area contributed by atoms with Gasteiger partial charge in [0.05, 0.1) is 18.0 Å². The van der Waals surface area contributed by atoms with Crippen molar-refractivity contribution >= 4 is 10.9 Å². The smallest absolute Gasteiger partial charge is 0.261 e. The van der Waals surface area contributed by atoms with Crippen molar-refractivity contribution in [2.45, 2.75) is 25.8 Å². The summed E-state index contributed by atoms with van der Waals surface area (Å²) in [6, 6.07) is 15.3. The third-order valence-corrected chi connectivity index (χ3v) is 5.30. The maximum absolute atomic E-state index is 13.2. The third kappa shape index (κ3) is 3.74. The van der Waals surface area contributed by atoms with E-state index < -0.39 is 0 Å². The van der Waals surface area contributed by atoms with Crippen molar-refractivity contribution in [3.63, 3.8) is 0 Å². The van der Waals surface area contributed by atoms with Gasteiger partial charge in [0.2, 0.25) is 0 Å². The molecule has 1 aliphatic rings. The fourth-order valence-electron chi connectivity index (χ4n) is 3.76. The van der Waals surface area contributed by atoms with Crippen molar-refractivity contribution in [2.24, 2.45) is 0 Å². The van der Waals surface area contributed by atoms with Crippen molar-refractivity contribution in [2.75, 3.05) is 26.7 Å². The van der Waals surface area contributed by atoms with E-state index in [2.05, 4.69) is 4.90 Å². The first-order valence-corrected chi connectivity index (χ1v) is 9.62. The highest BCUT2D eigenvalue weighted by atomic mass is 16.5. The van der Waals surface area contributed by atoms with Crippen LogP contribution in [-0.2, 0) is 6.54 Å². The molecular formula is C22H25N3O2. The number of para-hydroxylation sites is 1. The number of rotatable bonds is 5. The predicted octanol–water partition coefficient (Wildman–Crippen LogP) is 3.56. The molecule has 0 N–H and O–H groups in total. The maximum Gasteiger partial charge on any atom is 0.261 e. The lowest BCUT2D eigenvalue weighted by Crippen LogP contribution is -2.35. The molecule has 0 bridgehead atoms. The van der Waals surface area contributed by atoms with Crippen molar-refractivity contribution in [3.05, 3.63) is 58.9 Å². The van der Waals surface area contributed by atoms with E-state index in [0.717, 1.165) is 42.3 Å². The first-order valence-electron chi connectivity index (χ1n) is 9.62. The number of nitrogens with zero attached hydrogens (tertiary/aromatic N) is 3. The molecule has 27 heavy (non-hydrogen) atoms. The van der Waals surface area contributed by atoms with Crippen LogP contribution in [0.1, 0.15) is 19.3 Å². The molecule has 0 aliphatic carbocycles. The Labute approximate surface area is 159 Å². The number of likely N-dealkylation sites (tertiary alicyclic amines) is 1. The molecule has 0 atom stereocenters. The molecule has 4 rings (SSSR count). The standard InChI is InChI=1S/C22H25N3O2/c1-27-18-11-9-17(10-12-18)21-23-20-8-4-3-7-19(20)22(26)25(21)16-15-24-13-5-2-6-14-24/h3-4,7-12H,2,5-6,13-16H2,1H3. The second-order valence-electron chi connectivity index (χ2n) is 7.04. The molecule has 2 heterocycles. The summed E-state index contributed by atoms with van der Waals surface area (Å²) < 4.78 is 7.09. The number of fused-ring (bicyclic) bond motifs is 1. The molecule has 140 valence electrons. The summed E-state index contributed by atoms with van der Waals surface area (Å²) in [5.74, 6) is 1.51. The maximum atomic E-state index is 13.2. The van der Waals surface area contributed by atoms with Crippen LogP contribution < -0.4 is 10.3 Å². The summed E-state index contributed by atoms with van der Waals surface area (Å²) in [5, 5.41) is 0.674. The third-order valence-electron chi connectivity index (χ3n) is 5.30. The van der Waals surface area contributed by atoms with E-state index in [1.807, 2.05) is 53.1 Å². The number of aromatic nitrogens is 2. The van der Waals surface area contributed by atoms with Gasteiger partial charge in [-0.1, -0.05) is 18.6 Å². The Bertz CT molecular complexity index is 973. The Balaban J connectivity index is 1.75. The molecule has 0 amide bonds. The molecule has 0 spiro atoms. The Morgan fingerprint density at radius 1 is 0.963 bits per heavy atom. The summed E-state index contributed by atoms with van der Waals surface area (Å²) >= 11 is 0. The van der Waals surface area contributed by atoms with Crippen LogP contribution in [-0.4, -0.2) is 41.2 Å². The van der Waals surface area contributed by atoms with Crippen molar-refractivity contribution < 1.29 is 4.74 Å². The molecule has 1 aliphatic heterocycles. The largest absolute Gasteiger partial charge is 0.497 e. The van der Waals surface area contributed by atoms with Crippen LogP contribution in [0.5, 0.6) is 5.75 Å². The van der Waals surface area contributed by atoms with Crippen LogP contribution in [0.4, 0.5) is 0 Å². The number of methoxy groups -OCH3 is 1. The van der Waals surface area contributed by atoms with E-state index in [9.17, 15) is 4.79 Å². The van der Waals surface area contributed by atoms with Crippen LogP contribution in [0.25, 0.3) is 22.3 Å². The molecule has 1 fully saturated rings. The van der Waals surface area contributed by atoms with E-state index in [1.54, 1.807) is 7.11 Å². The van der Waals surface area contributed by atoms with Gasteiger partial charge >= 0.3 is 0 Å². The molecule has 3 aromatic rings. The van der Waals surface area contributed by atoms with Crippen molar-refractivity contribution in [1.82, 2.24) is 14.5 Å². The zero-order valence-electron chi connectivity index (χ0n) is 15.7. The highest BCUT2D eigenvalue weighted by molar-refractivity contribution is 5.79. The van der Waals surface area contributed by atoms with Crippen molar-refractivity contribution in [1.29, 1.82) is 0 Å². The number of hydrogen-bond acceptors (Lipinski definition) is 4. The topological polar surface area (TPSA) is 47.4 Å². The molecule has 5 heteroatoms. The van der Waals surface area contributed by atoms with Crippen LogP contribution >= 0.6 is 0 Å². The first kappa shape index (κ1) is 17.7. The molecule has 5 nitrogen and oxygen atoms in total. The SMILES string of the molecule is COc1ccc(-c2nc3ccccc3c(=O)n2CCN2CCCCC2)cc1. The van der Waals surface area contributed by atoms with Gasteiger partial charge in [-0.05, 0) is 62.3 Å². The van der Waals surface area contributed by atoms with Gasteiger partial charge in [0.1, 0.15) is 11.6 Å². The summed E-state index contributed by atoms with van der Waals surface area (Å²) in [6.07, 6.45) is 3.80. The van der Waals surface area contributed by atoms with Crippen LogP contribution in [0.3, 0.4) is 0 Å². The quantitative estimate of drug-likeness (QED) is 0.695. The van der Waals surface area contributed by atoms with Gasteiger partial charge in [-0.25, -0.2) is 4.98 Å². The van der Waals surface area contributed by atoms with Gasteiger partial charge in [0.15, 0.2) is 0 Å². The van der Waals surface area contributed by atoms with E-state index in [0.29, 0.717) is 11.9 Å². The fraction of sp³-hybridized carbons (Fsp3) is 0.364. The Morgan fingerprint density at radius 3 is 2.44 bits per heavy atom. The monoisotopic (exact) mass is 363 g/mol. The van der Waals surface area contributed by atoms with Gasteiger partial charge in [0, 0.05) is 18.7 Å². The minimum Gasteiger partial charge on any atom is -0.497 e. The van der Waals surface area contributed by atoms with Crippen LogP contribution in [0, 0.1) is 0 Å². The molecule has 0 saturated carbocycles. The average Bonchev–Trinajstić information content (AvgIpc) is 2.74. The lowest BCUT2D eigenvalue weighted by Gasteiger charge is -2.27. The fourth-order valence-corrected chi connectivity index (χ4v) is 3.76. The average molecular weight is 363 g/mol. The Morgan fingerprint density at radius 2 is 1.70 bits per heavy atom. The second-order valence-corrected chi connectivity index (χ2v) is 7.04. The Hall–Kier alpha value is -2.66. The highest BCUT2D eigenvalue weighted by Crippen LogP contribution is 2.22. The molecular weight excluding hydrogens is 338 g/mol. The van der Waals surface area contributed by atoms with E-state index in [-0.39, 0.29) is 5.56 Å². The number of ether oxygens (including phenoxy) is 1. The molecule has 0 radical (unpaired) electrons. The van der Waals surface area contributed by atoms with E-state index in [4.69, 9.17) is 9.72 Å². The first-order chi connectivity index (χ1) is 13.3. The summed E-state index contributed by atoms with van der Waals surface area (Å²) in [6.45, 7) is 3.77. The lowest BCUT2D eigenvalue weighted by atomic mass is 10.1. The number of benzene rings is 2. The number of piperidine rings is 1. The van der Waals surface area contributed by atoms with Gasteiger partial charge in [0.25, 0.3) is 5.56 Å². The molecule has 2 aromatic carbocycles. The zero-order valence-corrected chi connectivity index (χ0v) is 15.7. The van der Waals surface area contributed by atoms with Gasteiger partial charge in [-0.3, -0.25) is 9.36 Å². The minimum atomic E-state index is 0.0310. The van der Waals surface area contributed by atoms with E-state index in [1.165, 1.54) is 19.3 Å². The molecule has 0 unspecified atom stereocenters.